The maximum atomic E-state index is 12.7. The summed E-state index contributed by atoms with van der Waals surface area (Å²) in [6.07, 6.45) is 0.611. The summed E-state index contributed by atoms with van der Waals surface area (Å²) in [6.45, 7) is 7.89. The number of nitrogens with zero attached hydrogens (tertiary/aromatic N) is 2. The molecule has 2 amide bonds. The lowest BCUT2D eigenvalue weighted by Gasteiger charge is -2.34. The van der Waals surface area contributed by atoms with Crippen LogP contribution in [0.4, 0.5) is 0 Å². The van der Waals surface area contributed by atoms with E-state index < -0.39 is 0 Å². The number of hydrogen-bond donors (Lipinski definition) is 1. The summed E-state index contributed by atoms with van der Waals surface area (Å²) in [5, 5.41) is 2.81. The van der Waals surface area contributed by atoms with E-state index in [-0.39, 0.29) is 17.9 Å². The number of nitrogens with one attached hydrogen (secondary N) is 1. The molecule has 2 fully saturated rings. The van der Waals surface area contributed by atoms with Gasteiger partial charge in [-0.2, -0.15) is 0 Å². The van der Waals surface area contributed by atoms with Gasteiger partial charge < -0.3 is 19.7 Å². The summed E-state index contributed by atoms with van der Waals surface area (Å²) in [5.41, 5.74) is 0.582. The van der Waals surface area contributed by atoms with Crippen LogP contribution in [-0.4, -0.2) is 80.2 Å². The zero-order valence-corrected chi connectivity index (χ0v) is 15.3. The van der Waals surface area contributed by atoms with Crippen molar-refractivity contribution < 1.29 is 19.1 Å². The van der Waals surface area contributed by atoms with E-state index in [4.69, 9.17) is 9.47 Å². The second-order valence-electron chi connectivity index (χ2n) is 6.54. The number of rotatable bonds is 6. The van der Waals surface area contributed by atoms with Crippen LogP contribution in [-0.2, 0) is 9.53 Å². The van der Waals surface area contributed by atoms with E-state index in [2.05, 4.69) is 10.2 Å². The van der Waals surface area contributed by atoms with Crippen molar-refractivity contribution >= 4 is 11.8 Å². The minimum Gasteiger partial charge on any atom is -0.492 e. The Hall–Kier alpha value is -2.12. The van der Waals surface area contributed by atoms with Crippen molar-refractivity contribution in [3.8, 4) is 5.75 Å². The molecule has 0 aliphatic carbocycles. The Labute approximate surface area is 154 Å². The highest BCUT2D eigenvalue weighted by Gasteiger charge is 2.31. The van der Waals surface area contributed by atoms with Crippen molar-refractivity contribution in [1.82, 2.24) is 15.1 Å². The summed E-state index contributed by atoms with van der Waals surface area (Å²) in [5.74, 6) is 0.569. The Kier molecular flexibility index (Phi) is 6.46. The summed E-state index contributed by atoms with van der Waals surface area (Å²) < 4.78 is 11.1. The maximum absolute atomic E-state index is 12.7. The molecule has 2 aliphatic heterocycles. The topological polar surface area (TPSA) is 71.1 Å². The van der Waals surface area contributed by atoms with E-state index in [1.54, 1.807) is 17.0 Å². The quantitative estimate of drug-likeness (QED) is 0.810. The molecule has 0 radical (unpaired) electrons. The van der Waals surface area contributed by atoms with Crippen LogP contribution in [0.15, 0.2) is 24.3 Å². The van der Waals surface area contributed by atoms with Gasteiger partial charge in [-0.15, -0.1) is 0 Å². The van der Waals surface area contributed by atoms with Crippen molar-refractivity contribution in [1.29, 1.82) is 0 Å². The minimum atomic E-state index is -0.388. The van der Waals surface area contributed by atoms with Gasteiger partial charge in [0.15, 0.2) is 0 Å². The Morgan fingerprint density at radius 2 is 1.96 bits per heavy atom. The third-order valence-corrected chi connectivity index (χ3v) is 4.86. The summed E-state index contributed by atoms with van der Waals surface area (Å²) in [7, 11) is 0. The monoisotopic (exact) mass is 361 g/mol. The first-order chi connectivity index (χ1) is 12.7. The normalized spacial score (nSPS) is 21.3. The van der Waals surface area contributed by atoms with Crippen LogP contribution in [0.3, 0.4) is 0 Å². The summed E-state index contributed by atoms with van der Waals surface area (Å²) in [4.78, 5) is 28.6. The first kappa shape index (κ1) is 18.7. The molecule has 7 nitrogen and oxygen atoms in total. The largest absolute Gasteiger partial charge is 0.492 e. The lowest BCUT2D eigenvalue weighted by molar-refractivity contribution is -0.127. The molecule has 0 unspecified atom stereocenters. The highest BCUT2D eigenvalue weighted by atomic mass is 16.5. The van der Waals surface area contributed by atoms with Gasteiger partial charge in [0.25, 0.3) is 5.91 Å². The van der Waals surface area contributed by atoms with E-state index in [0.717, 1.165) is 38.6 Å². The van der Waals surface area contributed by atoms with Crippen LogP contribution in [0, 0.1) is 0 Å². The molecule has 1 aromatic rings. The molecule has 1 atom stereocenters. The fourth-order valence-electron chi connectivity index (χ4n) is 3.34. The number of ether oxygens (including phenoxy) is 2. The second-order valence-corrected chi connectivity index (χ2v) is 6.54. The molecule has 1 N–H and O–H groups in total. The third-order valence-electron chi connectivity index (χ3n) is 4.86. The average Bonchev–Trinajstić information content (AvgIpc) is 2.68. The highest BCUT2D eigenvalue weighted by Crippen LogP contribution is 2.17. The lowest BCUT2D eigenvalue weighted by Crippen LogP contribution is -2.56. The molecule has 2 heterocycles. The second kappa shape index (κ2) is 9.00. The zero-order chi connectivity index (χ0) is 18.4. The van der Waals surface area contributed by atoms with Crippen molar-refractivity contribution in [2.45, 2.75) is 19.4 Å². The molecule has 0 spiro atoms. The van der Waals surface area contributed by atoms with Gasteiger partial charge in [0, 0.05) is 38.3 Å². The molecule has 3 rings (SSSR count). The Bertz CT molecular complexity index is 614. The van der Waals surface area contributed by atoms with Gasteiger partial charge in [0.05, 0.1) is 13.2 Å². The number of amides is 2. The van der Waals surface area contributed by atoms with Crippen molar-refractivity contribution in [2.24, 2.45) is 0 Å². The Morgan fingerprint density at radius 3 is 2.65 bits per heavy atom. The SMILES string of the molecule is CC[C@H]1C(=O)NCCN1C(=O)c1ccc(OCCN2CCOCC2)cc1. The van der Waals surface area contributed by atoms with Gasteiger partial charge in [-0.3, -0.25) is 14.5 Å². The predicted molar refractivity (Wildman–Crippen MR) is 97.3 cm³/mol. The van der Waals surface area contributed by atoms with Gasteiger partial charge >= 0.3 is 0 Å². The van der Waals surface area contributed by atoms with Crippen molar-refractivity contribution in [3.05, 3.63) is 29.8 Å². The van der Waals surface area contributed by atoms with Crippen LogP contribution >= 0.6 is 0 Å². The third kappa shape index (κ3) is 4.53. The lowest BCUT2D eigenvalue weighted by atomic mass is 10.1. The van der Waals surface area contributed by atoms with E-state index in [9.17, 15) is 9.59 Å². The summed E-state index contributed by atoms with van der Waals surface area (Å²) in [6, 6.07) is 6.78. The van der Waals surface area contributed by atoms with Crippen LogP contribution in [0.2, 0.25) is 0 Å². The smallest absolute Gasteiger partial charge is 0.254 e. The predicted octanol–water partition coefficient (Wildman–Crippen LogP) is 0.748. The molecule has 7 heteroatoms. The average molecular weight is 361 g/mol. The molecule has 0 bridgehead atoms. The van der Waals surface area contributed by atoms with Crippen LogP contribution in [0.5, 0.6) is 5.75 Å². The molecule has 2 saturated heterocycles. The first-order valence-electron chi connectivity index (χ1n) is 9.30. The number of morpholine rings is 1. The van der Waals surface area contributed by atoms with Gasteiger partial charge in [0.2, 0.25) is 5.91 Å². The van der Waals surface area contributed by atoms with E-state index in [1.165, 1.54) is 0 Å². The first-order valence-corrected chi connectivity index (χ1v) is 9.30. The molecule has 0 aromatic heterocycles. The Balaban J connectivity index is 1.53. The van der Waals surface area contributed by atoms with Crippen molar-refractivity contribution in [3.63, 3.8) is 0 Å². The molecule has 142 valence electrons. The fraction of sp³-hybridized carbons (Fsp3) is 0.579. The minimum absolute atomic E-state index is 0.0739. The number of benzene rings is 1. The molecule has 1 aromatic carbocycles. The van der Waals surface area contributed by atoms with Crippen LogP contribution < -0.4 is 10.1 Å². The van der Waals surface area contributed by atoms with Gasteiger partial charge in [-0.25, -0.2) is 0 Å². The number of carbonyl (C=O) groups is 2. The van der Waals surface area contributed by atoms with Gasteiger partial charge in [0.1, 0.15) is 18.4 Å². The van der Waals surface area contributed by atoms with Crippen molar-refractivity contribution in [2.75, 3.05) is 52.5 Å². The van der Waals surface area contributed by atoms with E-state index in [1.807, 2.05) is 19.1 Å². The standard InChI is InChI=1S/C19H27N3O4/c1-2-17-18(23)20-7-8-22(17)19(24)15-3-5-16(6-4-15)26-14-11-21-9-12-25-13-10-21/h3-6,17H,2,7-14H2,1H3,(H,20,23)/t17-/m0/s1. The Morgan fingerprint density at radius 1 is 1.23 bits per heavy atom. The molecule has 0 saturated carbocycles. The number of hydrogen-bond acceptors (Lipinski definition) is 5. The highest BCUT2D eigenvalue weighted by molar-refractivity contribution is 5.98. The maximum Gasteiger partial charge on any atom is 0.254 e. The number of carbonyl (C=O) groups excluding carboxylic acids is 2. The van der Waals surface area contributed by atoms with Crippen LogP contribution in [0.25, 0.3) is 0 Å². The summed E-state index contributed by atoms with van der Waals surface area (Å²) >= 11 is 0. The molecular weight excluding hydrogens is 334 g/mol. The number of piperazine rings is 1. The zero-order valence-electron chi connectivity index (χ0n) is 15.3. The van der Waals surface area contributed by atoms with Gasteiger partial charge in [-0.1, -0.05) is 6.92 Å². The molecular formula is C19H27N3O4. The molecule has 26 heavy (non-hydrogen) atoms. The van der Waals surface area contributed by atoms with Crippen LogP contribution in [0.1, 0.15) is 23.7 Å². The molecule has 2 aliphatic rings. The van der Waals surface area contributed by atoms with Gasteiger partial charge in [-0.05, 0) is 30.7 Å². The van der Waals surface area contributed by atoms with E-state index in [0.29, 0.717) is 31.7 Å². The van der Waals surface area contributed by atoms with E-state index >= 15 is 0 Å². The fourth-order valence-corrected chi connectivity index (χ4v) is 3.34.